The predicted molar refractivity (Wildman–Crippen MR) is 116 cm³/mol. The van der Waals surface area contributed by atoms with E-state index in [2.05, 4.69) is 40.0 Å². The fourth-order valence-electron chi connectivity index (χ4n) is 4.20. The maximum absolute atomic E-state index is 9.41. The van der Waals surface area contributed by atoms with Gasteiger partial charge in [-0.05, 0) is 56.5 Å². The van der Waals surface area contributed by atoms with E-state index in [1.54, 1.807) is 0 Å². The third kappa shape index (κ3) is 6.44. The lowest BCUT2D eigenvalue weighted by Crippen LogP contribution is -2.44. The van der Waals surface area contributed by atoms with Gasteiger partial charge in [-0.2, -0.15) is 0 Å². The van der Waals surface area contributed by atoms with Crippen molar-refractivity contribution >= 4 is 17.3 Å². The topological polar surface area (TPSA) is 69.1 Å². The smallest absolute Gasteiger partial charge is 0.191 e. The summed E-state index contributed by atoms with van der Waals surface area (Å²) in [6.45, 7) is 9.72. The van der Waals surface area contributed by atoms with Crippen LogP contribution in [0, 0.1) is 11.3 Å². The largest absolute Gasteiger partial charge is 0.396 e. The molecule has 3 rings (SSSR count). The van der Waals surface area contributed by atoms with E-state index < -0.39 is 0 Å². The zero-order valence-electron chi connectivity index (χ0n) is 17.2. The number of ether oxygens (including phenoxy) is 1. The van der Waals surface area contributed by atoms with Gasteiger partial charge in [0.1, 0.15) is 0 Å². The van der Waals surface area contributed by atoms with E-state index in [0.717, 1.165) is 51.6 Å². The first-order valence-corrected chi connectivity index (χ1v) is 11.6. The number of hydrogen-bond donors (Lipinski definition) is 3. The second kappa shape index (κ2) is 11.1. The molecule has 2 atom stereocenters. The van der Waals surface area contributed by atoms with E-state index in [0.29, 0.717) is 19.1 Å². The van der Waals surface area contributed by atoms with Crippen LogP contribution in [0.1, 0.15) is 37.5 Å². The Balaban J connectivity index is 1.49. The molecule has 2 saturated heterocycles. The molecule has 0 aromatic carbocycles. The summed E-state index contributed by atoms with van der Waals surface area (Å²) in [5.74, 6) is 1.54. The predicted octanol–water partition coefficient (Wildman–Crippen LogP) is 2.30. The van der Waals surface area contributed by atoms with Crippen LogP contribution in [0.3, 0.4) is 0 Å². The Bertz CT molecular complexity index is 587. The summed E-state index contributed by atoms with van der Waals surface area (Å²) >= 11 is 1.85. The van der Waals surface area contributed by atoms with Crippen molar-refractivity contribution in [2.75, 3.05) is 52.5 Å². The molecule has 0 spiro atoms. The number of rotatable bonds is 9. The first kappa shape index (κ1) is 21.6. The quantitative estimate of drug-likeness (QED) is 0.432. The van der Waals surface area contributed by atoms with Gasteiger partial charge in [-0.3, -0.25) is 9.89 Å². The van der Waals surface area contributed by atoms with Crippen LogP contribution in [0.4, 0.5) is 0 Å². The molecular weight excluding hydrogens is 372 g/mol. The Morgan fingerprint density at radius 2 is 2.39 bits per heavy atom. The van der Waals surface area contributed by atoms with Gasteiger partial charge in [-0.15, -0.1) is 11.3 Å². The molecule has 28 heavy (non-hydrogen) atoms. The number of hydrogen-bond acceptors (Lipinski definition) is 5. The molecule has 6 nitrogen and oxygen atoms in total. The SMILES string of the molecule is CCNC(=NCC1(CCO)CCOC1)NCC1CCCN(Cc2cccs2)C1. The Morgan fingerprint density at radius 1 is 1.46 bits per heavy atom. The van der Waals surface area contributed by atoms with Gasteiger partial charge >= 0.3 is 0 Å². The average Bonchev–Trinajstić information content (AvgIpc) is 3.37. The van der Waals surface area contributed by atoms with Gasteiger partial charge in [0.2, 0.25) is 0 Å². The van der Waals surface area contributed by atoms with E-state index in [1.807, 2.05) is 11.3 Å². The number of aliphatic hydroxyl groups is 1. The van der Waals surface area contributed by atoms with Crippen molar-refractivity contribution in [1.29, 1.82) is 0 Å². The molecule has 2 aliphatic heterocycles. The fourth-order valence-corrected chi connectivity index (χ4v) is 4.95. The van der Waals surface area contributed by atoms with Crippen LogP contribution >= 0.6 is 11.3 Å². The minimum atomic E-state index is -0.000549. The maximum atomic E-state index is 9.41. The van der Waals surface area contributed by atoms with Gasteiger partial charge in [0.05, 0.1) is 13.2 Å². The monoisotopic (exact) mass is 408 g/mol. The van der Waals surface area contributed by atoms with Crippen molar-refractivity contribution in [3.05, 3.63) is 22.4 Å². The van der Waals surface area contributed by atoms with E-state index in [-0.39, 0.29) is 12.0 Å². The highest BCUT2D eigenvalue weighted by atomic mass is 32.1. The number of nitrogens with zero attached hydrogens (tertiary/aromatic N) is 2. The summed E-state index contributed by atoms with van der Waals surface area (Å²) in [5.41, 5.74) is -0.000549. The fraction of sp³-hybridized carbons (Fsp3) is 0.762. The van der Waals surface area contributed by atoms with Gasteiger partial charge in [0.25, 0.3) is 0 Å². The molecule has 0 saturated carbocycles. The summed E-state index contributed by atoms with van der Waals surface area (Å²) in [5, 5.41) is 18.5. The lowest BCUT2D eigenvalue weighted by molar-refractivity contribution is 0.131. The molecule has 2 aliphatic rings. The molecule has 0 radical (unpaired) electrons. The zero-order chi connectivity index (χ0) is 19.7. The minimum absolute atomic E-state index is 0.000549. The van der Waals surface area contributed by atoms with Crippen LogP contribution in [0.2, 0.25) is 0 Å². The van der Waals surface area contributed by atoms with Crippen molar-refractivity contribution in [1.82, 2.24) is 15.5 Å². The number of guanidine groups is 1. The Hall–Kier alpha value is -1.15. The van der Waals surface area contributed by atoms with Crippen molar-refractivity contribution in [3.63, 3.8) is 0 Å². The van der Waals surface area contributed by atoms with Gasteiger partial charge in [0.15, 0.2) is 5.96 Å². The van der Waals surface area contributed by atoms with Crippen molar-refractivity contribution in [3.8, 4) is 0 Å². The first-order chi connectivity index (χ1) is 13.7. The van der Waals surface area contributed by atoms with Gasteiger partial charge in [-0.25, -0.2) is 0 Å². The third-order valence-corrected chi connectivity index (χ3v) is 6.73. The highest BCUT2D eigenvalue weighted by molar-refractivity contribution is 7.09. The molecule has 3 N–H and O–H groups in total. The second-order valence-electron chi connectivity index (χ2n) is 8.17. The van der Waals surface area contributed by atoms with E-state index >= 15 is 0 Å². The second-order valence-corrected chi connectivity index (χ2v) is 9.21. The molecule has 7 heteroatoms. The lowest BCUT2D eigenvalue weighted by atomic mass is 9.84. The number of thiophene rings is 1. The van der Waals surface area contributed by atoms with Crippen LogP contribution in [0.15, 0.2) is 22.5 Å². The van der Waals surface area contributed by atoms with Crippen LogP contribution in [0.25, 0.3) is 0 Å². The number of aliphatic imine (C=N–C) groups is 1. The van der Waals surface area contributed by atoms with E-state index in [4.69, 9.17) is 9.73 Å². The van der Waals surface area contributed by atoms with Gasteiger partial charge < -0.3 is 20.5 Å². The average molecular weight is 409 g/mol. The molecule has 3 heterocycles. The molecule has 158 valence electrons. The Morgan fingerprint density at radius 3 is 3.11 bits per heavy atom. The first-order valence-electron chi connectivity index (χ1n) is 10.7. The molecule has 0 amide bonds. The normalized spacial score (nSPS) is 26.5. The summed E-state index contributed by atoms with van der Waals surface area (Å²) in [6.07, 6.45) is 4.28. The number of aliphatic hydroxyl groups excluding tert-OH is 1. The minimum Gasteiger partial charge on any atom is -0.396 e. The number of piperidine rings is 1. The van der Waals surface area contributed by atoms with Crippen LogP contribution in [0.5, 0.6) is 0 Å². The molecule has 0 aliphatic carbocycles. The summed E-state index contributed by atoms with van der Waals surface area (Å²) in [7, 11) is 0. The maximum Gasteiger partial charge on any atom is 0.191 e. The standard InChI is InChI=1S/C21H36N4O2S/c1-2-22-20(24-16-21(7-10-26)8-11-27-17-21)23-13-18-5-3-9-25(14-18)15-19-6-4-12-28-19/h4,6,12,18,26H,2-3,5,7-11,13-17H2,1H3,(H2,22,23,24). The van der Waals surface area contributed by atoms with E-state index in [1.165, 1.54) is 24.3 Å². The third-order valence-electron chi connectivity index (χ3n) is 5.86. The van der Waals surface area contributed by atoms with Crippen molar-refractivity contribution in [2.24, 2.45) is 16.3 Å². The van der Waals surface area contributed by atoms with Crippen LogP contribution in [-0.2, 0) is 11.3 Å². The van der Waals surface area contributed by atoms with Gasteiger partial charge in [-0.1, -0.05) is 6.07 Å². The molecule has 1 aromatic rings. The Labute approximate surface area is 173 Å². The Kier molecular flexibility index (Phi) is 8.58. The molecular formula is C21H36N4O2S. The number of likely N-dealkylation sites (tertiary alicyclic amines) is 1. The molecule has 2 unspecified atom stereocenters. The van der Waals surface area contributed by atoms with Crippen LogP contribution in [-0.4, -0.2) is 68.5 Å². The molecule has 0 bridgehead atoms. The molecule has 2 fully saturated rings. The highest BCUT2D eigenvalue weighted by Crippen LogP contribution is 2.32. The highest BCUT2D eigenvalue weighted by Gasteiger charge is 2.34. The zero-order valence-corrected chi connectivity index (χ0v) is 18.0. The van der Waals surface area contributed by atoms with Crippen LogP contribution < -0.4 is 10.6 Å². The van der Waals surface area contributed by atoms with Gasteiger partial charge in [0, 0.05) is 49.7 Å². The summed E-state index contributed by atoms with van der Waals surface area (Å²) in [4.78, 5) is 8.88. The van der Waals surface area contributed by atoms with E-state index in [9.17, 15) is 5.11 Å². The van der Waals surface area contributed by atoms with Crippen molar-refractivity contribution in [2.45, 2.75) is 39.2 Å². The number of nitrogens with one attached hydrogen (secondary N) is 2. The van der Waals surface area contributed by atoms with Crippen molar-refractivity contribution < 1.29 is 9.84 Å². The summed E-state index contributed by atoms with van der Waals surface area (Å²) < 4.78 is 5.59. The summed E-state index contributed by atoms with van der Waals surface area (Å²) in [6, 6.07) is 4.37. The molecule has 1 aromatic heterocycles. The lowest BCUT2D eigenvalue weighted by Gasteiger charge is -2.33.